The van der Waals surface area contributed by atoms with Crippen LogP contribution < -0.4 is 0 Å². The van der Waals surface area contributed by atoms with Crippen LogP contribution >= 0.6 is 27.5 Å². The maximum absolute atomic E-state index is 10.3. The van der Waals surface area contributed by atoms with E-state index in [-0.39, 0.29) is 4.83 Å². The molecule has 0 fully saturated rings. The Kier molecular flexibility index (Phi) is 7.11. The molecule has 1 aromatic rings. The molecule has 0 N–H and O–H groups in total. The van der Waals surface area contributed by atoms with Crippen LogP contribution in [-0.4, -0.2) is 12.7 Å². The van der Waals surface area contributed by atoms with Gasteiger partial charge in [0.2, 0.25) is 0 Å². The minimum atomic E-state index is -0.159. The van der Waals surface area contributed by atoms with Gasteiger partial charge in [-0.1, -0.05) is 46.3 Å². The van der Waals surface area contributed by atoms with Gasteiger partial charge in [-0.3, -0.25) is 0 Å². The van der Waals surface area contributed by atoms with Crippen LogP contribution in [0.25, 0.3) is 0 Å². The average Bonchev–Trinajstić information content (AvgIpc) is 2.21. The molecule has 0 aliphatic heterocycles. The van der Waals surface area contributed by atoms with Crippen molar-refractivity contribution in [3.63, 3.8) is 0 Å². The Hall–Kier alpha value is -0.340. The van der Waals surface area contributed by atoms with E-state index in [0.717, 1.165) is 11.8 Å². The summed E-state index contributed by atoms with van der Waals surface area (Å²) in [6.45, 7) is 0. The van der Waals surface area contributed by atoms with Crippen LogP contribution in [0.3, 0.4) is 0 Å². The average molecular weight is 250 g/mol. The number of aldehydes is 1. The molecule has 1 nitrogen and oxygen atoms in total. The zero-order valence-corrected chi connectivity index (χ0v) is 9.05. The second-order valence-electron chi connectivity index (χ2n) is 1.95. The standard InChI is InChI=1S/C8H7BrO.CH3Cl/c9-8(6-10)7-4-2-1-3-5-7;1-2/h1-6,8H;1H3. The Labute approximate surface area is 85.9 Å². The lowest BCUT2D eigenvalue weighted by atomic mass is 10.2. The summed E-state index contributed by atoms with van der Waals surface area (Å²) in [6, 6.07) is 9.57. The highest BCUT2D eigenvalue weighted by atomic mass is 79.9. The first kappa shape index (κ1) is 11.7. The Bertz CT molecular complexity index is 213. The molecule has 0 spiro atoms. The highest BCUT2D eigenvalue weighted by molar-refractivity contribution is 9.09. The van der Waals surface area contributed by atoms with Crippen LogP contribution in [0.2, 0.25) is 0 Å². The Morgan fingerprint density at radius 3 is 2.25 bits per heavy atom. The number of carbonyl (C=O) groups is 1. The lowest BCUT2D eigenvalue weighted by Crippen LogP contribution is -1.88. The highest BCUT2D eigenvalue weighted by Crippen LogP contribution is 2.18. The van der Waals surface area contributed by atoms with Crippen molar-refractivity contribution in [2.24, 2.45) is 0 Å². The quantitative estimate of drug-likeness (QED) is 0.581. The first-order chi connectivity index (χ1) is 5.84. The molecule has 0 aromatic heterocycles. The fourth-order valence-corrected chi connectivity index (χ4v) is 1.02. The van der Waals surface area contributed by atoms with Crippen molar-refractivity contribution in [2.45, 2.75) is 4.83 Å². The molecule has 0 amide bonds. The predicted octanol–water partition coefficient (Wildman–Crippen LogP) is 3.18. The molecule has 3 heteroatoms. The van der Waals surface area contributed by atoms with Gasteiger partial charge in [0.05, 0.1) is 4.83 Å². The summed E-state index contributed by atoms with van der Waals surface area (Å²) in [5, 5.41) is 0. The minimum absolute atomic E-state index is 0.159. The predicted molar refractivity (Wildman–Crippen MR) is 56.0 cm³/mol. The second-order valence-corrected chi connectivity index (χ2v) is 2.94. The SMILES string of the molecule is CCl.O=CC(Br)c1ccccc1. The number of benzene rings is 1. The van der Waals surface area contributed by atoms with Crippen molar-refractivity contribution in [3.05, 3.63) is 35.9 Å². The first-order valence-electron chi connectivity index (χ1n) is 3.36. The summed E-state index contributed by atoms with van der Waals surface area (Å²) < 4.78 is 0. The molecule has 0 saturated carbocycles. The summed E-state index contributed by atoms with van der Waals surface area (Å²) in [5.74, 6) is 0. The van der Waals surface area contributed by atoms with Gasteiger partial charge in [-0.25, -0.2) is 0 Å². The number of halogens is 2. The van der Waals surface area contributed by atoms with E-state index in [1.807, 2.05) is 30.3 Å². The van der Waals surface area contributed by atoms with Gasteiger partial charge in [-0.05, 0) is 5.56 Å². The maximum atomic E-state index is 10.3. The number of carbonyl (C=O) groups excluding carboxylic acids is 1. The van der Waals surface area contributed by atoms with Crippen molar-refractivity contribution >= 4 is 33.8 Å². The monoisotopic (exact) mass is 248 g/mol. The Morgan fingerprint density at radius 1 is 1.33 bits per heavy atom. The molecule has 0 radical (unpaired) electrons. The van der Waals surface area contributed by atoms with Crippen LogP contribution in [0, 0.1) is 0 Å². The third-order valence-corrected chi connectivity index (χ3v) is 1.98. The Balaban J connectivity index is 0.000000561. The van der Waals surface area contributed by atoms with Crippen LogP contribution in [0.5, 0.6) is 0 Å². The largest absolute Gasteiger partial charge is 0.302 e. The van der Waals surface area contributed by atoms with Crippen molar-refractivity contribution in [1.82, 2.24) is 0 Å². The van der Waals surface area contributed by atoms with E-state index in [0.29, 0.717) is 0 Å². The number of hydrogen-bond donors (Lipinski definition) is 0. The van der Waals surface area contributed by atoms with Gasteiger partial charge < -0.3 is 4.79 Å². The van der Waals surface area contributed by atoms with Crippen molar-refractivity contribution in [1.29, 1.82) is 0 Å². The van der Waals surface area contributed by atoms with Crippen LogP contribution in [0.15, 0.2) is 30.3 Å². The molecule has 0 aliphatic carbocycles. The first-order valence-corrected chi connectivity index (χ1v) is 5.04. The summed E-state index contributed by atoms with van der Waals surface area (Å²) in [5.41, 5.74) is 0.998. The third kappa shape index (κ3) is 3.88. The molecule has 1 aromatic carbocycles. The fourth-order valence-electron chi connectivity index (χ4n) is 0.715. The lowest BCUT2D eigenvalue weighted by Gasteiger charge is -1.98. The van der Waals surface area contributed by atoms with Crippen LogP contribution in [0.4, 0.5) is 0 Å². The smallest absolute Gasteiger partial charge is 0.138 e. The molecule has 66 valence electrons. The van der Waals surface area contributed by atoms with Crippen molar-refractivity contribution < 1.29 is 4.79 Å². The molecule has 0 saturated heterocycles. The molecule has 1 atom stereocenters. The van der Waals surface area contributed by atoms with E-state index < -0.39 is 0 Å². The van der Waals surface area contributed by atoms with Crippen molar-refractivity contribution in [3.8, 4) is 0 Å². The normalized spacial score (nSPS) is 10.9. The molecule has 0 aliphatic rings. The summed E-state index contributed by atoms with van der Waals surface area (Å²) in [6.07, 6.45) is 2.34. The zero-order valence-electron chi connectivity index (χ0n) is 6.71. The van der Waals surface area contributed by atoms with Gasteiger partial charge in [-0.15, -0.1) is 11.6 Å². The minimum Gasteiger partial charge on any atom is -0.302 e. The summed E-state index contributed by atoms with van der Waals surface area (Å²) in [7, 11) is 0. The van der Waals surface area contributed by atoms with Gasteiger partial charge >= 0.3 is 0 Å². The summed E-state index contributed by atoms with van der Waals surface area (Å²) >= 11 is 7.86. The molecule has 12 heavy (non-hydrogen) atoms. The van der Waals surface area contributed by atoms with Crippen molar-refractivity contribution in [2.75, 3.05) is 6.38 Å². The summed E-state index contributed by atoms with van der Waals surface area (Å²) in [4.78, 5) is 10.1. The van der Waals surface area contributed by atoms with Crippen LogP contribution in [0.1, 0.15) is 10.4 Å². The lowest BCUT2D eigenvalue weighted by molar-refractivity contribution is -0.107. The van der Waals surface area contributed by atoms with E-state index in [1.165, 1.54) is 6.38 Å². The molecular formula is C9H10BrClO. The van der Waals surface area contributed by atoms with Gasteiger partial charge in [0.1, 0.15) is 6.29 Å². The highest BCUT2D eigenvalue weighted by Gasteiger charge is 2.01. The van der Waals surface area contributed by atoms with Gasteiger partial charge in [0.25, 0.3) is 0 Å². The van der Waals surface area contributed by atoms with E-state index in [2.05, 4.69) is 27.5 Å². The topological polar surface area (TPSA) is 17.1 Å². The number of alkyl halides is 2. The van der Waals surface area contributed by atoms with E-state index >= 15 is 0 Å². The third-order valence-electron chi connectivity index (χ3n) is 1.24. The number of hydrogen-bond acceptors (Lipinski definition) is 1. The van der Waals surface area contributed by atoms with Gasteiger partial charge in [0.15, 0.2) is 0 Å². The molecule has 0 heterocycles. The van der Waals surface area contributed by atoms with Gasteiger partial charge in [-0.2, -0.15) is 0 Å². The van der Waals surface area contributed by atoms with Crippen LogP contribution in [-0.2, 0) is 4.79 Å². The van der Waals surface area contributed by atoms with Gasteiger partial charge in [0, 0.05) is 6.38 Å². The molecule has 1 rings (SSSR count). The molecule has 0 bridgehead atoms. The fraction of sp³-hybridized carbons (Fsp3) is 0.222. The van der Waals surface area contributed by atoms with E-state index in [4.69, 9.17) is 0 Å². The van der Waals surface area contributed by atoms with E-state index in [9.17, 15) is 4.79 Å². The molecule has 1 unspecified atom stereocenters. The maximum Gasteiger partial charge on any atom is 0.138 e. The Morgan fingerprint density at radius 2 is 1.83 bits per heavy atom. The van der Waals surface area contributed by atoms with E-state index in [1.54, 1.807) is 0 Å². The number of rotatable bonds is 2. The molecular weight excluding hydrogens is 239 g/mol. The second kappa shape index (κ2) is 7.32. The zero-order chi connectivity index (χ0) is 9.40.